The van der Waals surface area contributed by atoms with Crippen molar-refractivity contribution in [1.29, 1.82) is 0 Å². The van der Waals surface area contributed by atoms with Crippen molar-refractivity contribution in [1.82, 2.24) is 46.6 Å². The van der Waals surface area contributed by atoms with Crippen LogP contribution >= 0.6 is 22.1 Å². The fourth-order valence-electron chi connectivity index (χ4n) is 8.30. The number of hydrogen-bond acceptors (Lipinski definition) is 17. The van der Waals surface area contributed by atoms with E-state index < -0.39 is 157 Å². The van der Waals surface area contributed by atoms with Crippen molar-refractivity contribution in [3.05, 3.63) is 35.9 Å². The fraction of sp³-hybridized carbons (Fsp3) is 0.667. The Morgan fingerprint density at radius 3 is 1.59 bits per heavy atom. The van der Waals surface area contributed by atoms with Crippen LogP contribution in [0, 0.1) is 0 Å². The van der Waals surface area contributed by atoms with Gasteiger partial charge in [0.05, 0.1) is 44.7 Å². The second-order valence-electron chi connectivity index (χ2n) is 19.3. The minimum absolute atomic E-state index is 0.0363. The number of hydrogen-bond donors (Lipinski definition) is 15. The number of aliphatic hydroxyl groups is 1. The summed E-state index contributed by atoms with van der Waals surface area (Å²) in [5, 5.41) is 53.8. The first kappa shape index (κ1) is 66.9. The number of carbonyl (C=O) groups excluding carboxylic acids is 5. The molecule has 0 spiro atoms. The molecule has 1 aromatic rings. The van der Waals surface area contributed by atoms with Gasteiger partial charge in [0.25, 0.3) is 0 Å². The predicted octanol–water partition coefficient (Wildman–Crippen LogP) is -3.15. The second-order valence-corrected chi connectivity index (χ2v) is 26.6. The SMILES string of the molecule is NC(N)=NCCCC1NC(=O)C(CCCCNC(O)CCP(=O)(O)CN2CCN(CP(=O)(O)CCC(=O)O)CCN(CP(=O)(O)CCC(=O)O)CC2)NC(=O)C(Cc2ccccc2)NC(=O)C(CC(=O)O)NC(=O)CNC1=O. The Kier molecular flexibility index (Phi) is 28.5. The van der Waals surface area contributed by atoms with E-state index in [-0.39, 0.29) is 109 Å². The number of amides is 5. The van der Waals surface area contributed by atoms with Crippen LogP contribution in [0.4, 0.5) is 0 Å². The maximum Gasteiger partial charge on any atom is 0.305 e. The van der Waals surface area contributed by atoms with Gasteiger partial charge in [-0.2, -0.15) is 0 Å². The molecule has 2 saturated heterocycles. The van der Waals surface area contributed by atoms with Gasteiger partial charge in [0.15, 0.2) is 5.96 Å². The first-order valence-corrected chi connectivity index (χ1v) is 31.4. The van der Waals surface area contributed by atoms with Gasteiger partial charge in [-0.05, 0) is 50.6 Å². The fourth-order valence-corrected chi connectivity index (χ4v) is 13.2. The van der Waals surface area contributed by atoms with Crippen molar-refractivity contribution in [3.63, 3.8) is 0 Å². The maximum absolute atomic E-state index is 14.1. The number of carboxylic acids is 3. The average Bonchev–Trinajstić information content (AvgIpc) is 3.43. The number of rotatable bonds is 29. The molecule has 2 heterocycles. The molecule has 17 N–H and O–H groups in total. The van der Waals surface area contributed by atoms with E-state index >= 15 is 0 Å². The molecular weight excluding hydrogens is 1090 g/mol. The van der Waals surface area contributed by atoms with Crippen LogP contribution in [-0.4, -0.2) is 230 Å². The molecule has 78 heavy (non-hydrogen) atoms. The molecule has 5 amide bonds. The quantitative estimate of drug-likeness (QED) is 0.0124. The van der Waals surface area contributed by atoms with Crippen LogP contribution in [0.1, 0.15) is 63.4 Å². The molecule has 0 aromatic heterocycles. The molecule has 0 radical (unpaired) electrons. The molecule has 33 heteroatoms. The minimum Gasteiger partial charge on any atom is -0.481 e. The standard InChI is InChI=1S/C45H77N12O18P3/c46-45(47)49-15-6-10-32-41(66)50-27-37(59)51-35(26-40(64)65)44(69)54-34(25-31-7-2-1-3-8-31)43(68)53-33(42(67)52-32)9-4-5-14-48-36(58)11-22-76(70,71)28-55-16-18-56(29-77(72,73)23-12-38(60)61)20-21-57(19-17-55)30-78(74,75)24-13-39(62)63/h1-3,7-8,32-36,48,58H,4-6,9-30H2,(H,50,66)(H,51,59)(H,52,67)(H,53,68)(H,54,69)(H,60,61)(H,62,63)(H,64,65)(H,70,71)(H,72,73)(H,74,75)(H4,46,47,49). The Bertz CT molecular complexity index is 2320. The lowest BCUT2D eigenvalue weighted by atomic mass is 10.0. The number of carbonyl (C=O) groups is 8. The van der Waals surface area contributed by atoms with E-state index in [2.05, 4.69) is 36.9 Å². The number of nitrogens with two attached hydrogens (primary N) is 2. The van der Waals surface area contributed by atoms with Gasteiger partial charge in [0.1, 0.15) is 30.4 Å². The highest BCUT2D eigenvalue weighted by Gasteiger charge is 2.34. The van der Waals surface area contributed by atoms with Crippen LogP contribution < -0.4 is 43.4 Å². The summed E-state index contributed by atoms with van der Waals surface area (Å²) in [6.45, 7) is 0.0991. The summed E-state index contributed by atoms with van der Waals surface area (Å²) in [5.41, 5.74) is 11.4. The highest BCUT2D eigenvalue weighted by molar-refractivity contribution is 7.58. The summed E-state index contributed by atoms with van der Waals surface area (Å²) in [5.74, 6) is -8.64. The van der Waals surface area contributed by atoms with Crippen molar-refractivity contribution in [2.24, 2.45) is 16.5 Å². The minimum atomic E-state index is -4.05. The number of aliphatic hydroxyl groups excluding tert-OH is 1. The van der Waals surface area contributed by atoms with Gasteiger partial charge in [-0.25, -0.2) is 0 Å². The number of unbranched alkanes of at least 4 members (excludes halogenated alkanes) is 1. The Morgan fingerprint density at radius 1 is 0.628 bits per heavy atom. The van der Waals surface area contributed by atoms with Crippen molar-refractivity contribution in [2.75, 3.05) is 96.2 Å². The predicted molar refractivity (Wildman–Crippen MR) is 283 cm³/mol. The molecule has 1 aromatic carbocycles. The van der Waals surface area contributed by atoms with Crippen LogP contribution in [0.3, 0.4) is 0 Å². The molecule has 2 aliphatic rings. The molecule has 30 nitrogen and oxygen atoms in total. The number of benzene rings is 1. The van der Waals surface area contributed by atoms with Crippen LogP contribution in [-0.2, 0) is 58.5 Å². The van der Waals surface area contributed by atoms with Crippen molar-refractivity contribution < 1.29 is 87.2 Å². The summed E-state index contributed by atoms with van der Waals surface area (Å²) in [4.78, 5) is 143. The lowest BCUT2D eigenvalue weighted by Gasteiger charge is -2.28. The monoisotopic (exact) mass is 1170 g/mol. The third kappa shape index (κ3) is 28.0. The van der Waals surface area contributed by atoms with Gasteiger partial charge in [0.2, 0.25) is 51.6 Å². The van der Waals surface area contributed by atoms with E-state index in [4.69, 9.17) is 21.7 Å². The van der Waals surface area contributed by atoms with Gasteiger partial charge in [0, 0.05) is 70.7 Å². The van der Waals surface area contributed by atoms with Crippen molar-refractivity contribution in [3.8, 4) is 0 Å². The zero-order valence-corrected chi connectivity index (χ0v) is 46.0. The summed E-state index contributed by atoms with van der Waals surface area (Å²) in [6.07, 6.45) is -5.64. The summed E-state index contributed by atoms with van der Waals surface area (Å²) in [7, 11) is -12.0. The summed E-state index contributed by atoms with van der Waals surface area (Å²) >= 11 is 0. The van der Waals surface area contributed by atoms with Crippen molar-refractivity contribution in [2.45, 2.75) is 94.6 Å². The van der Waals surface area contributed by atoms with E-state index in [0.717, 1.165) is 0 Å². The third-order valence-electron chi connectivity index (χ3n) is 12.4. The lowest BCUT2D eigenvalue weighted by molar-refractivity contribution is -0.141. The van der Waals surface area contributed by atoms with Crippen molar-refractivity contribution >= 4 is 75.5 Å². The van der Waals surface area contributed by atoms with Gasteiger partial charge >= 0.3 is 17.9 Å². The number of aliphatic imine (C=N–C) groups is 1. The Hall–Kier alpha value is -5.38. The molecule has 0 bridgehead atoms. The number of aliphatic carboxylic acids is 3. The Morgan fingerprint density at radius 2 is 1.09 bits per heavy atom. The van der Waals surface area contributed by atoms with Gasteiger partial charge in [-0.1, -0.05) is 30.3 Å². The third-order valence-corrected chi connectivity index (χ3v) is 17.8. The van der Waals surface area contributed by atoms with E-state index in [9.17, 15) is 76.9 Å². The first-order chi connectivity index (χ1) is 36.6. The molecule has 0 saturated carbocycles. The number of guanidine groups is 1. The van der Waals surface area contributed by atoms with Gasteiger partial charge in [-0.3, -0.25) is 77.1 Å². The highest BCUT2D eigenvalue weighted by Crippen LogP contribution is 2.44. The molecule has 8 atom stereocenters. The van der Waals surface area contributed by atoms with Gasteiger partial charge < -0.3 is 73.2 Å². The lowest BCUT2D eigenvalue weighted by Crippen LogP contribution is -2.58. The number of nitrogens with zero attached hydrogens (tertiary/aromatic N) is 4. The van der Waals surface area contributed by atoms with E-state index in [1.165, 1.54) is 0 Å². The van der Waals surface area contributed by atoms with Crippen LogP contribution in [0.2, 0.25) is 0 Å². The summed E-state index contributed by atoms with van der Waals surface area (Å²) in [6, 6.07) is 2.75. The molecule has 3 rings (SSSR count). The largest absolute Gasteiger partial charge is 0.481 e. The smallest absolute Gasteiger partial charge is 0.305 e. The Balaban J connectivity index is 1.73. The van der Waals surface area contributed by atoms with Crippen LogP contribution in [0.25, 0.3) is 0 Å². The van der Waals surface area contributed by atoms with E-state index in [1.807, 2.05) is 0 Å². The average molecular weight is 1170 g/mol. The molecule has 440 valence electrons. The number of nitrogens with one attached hydrogen (secondary N) is 6. The van der Waals surface area contributed by atoms with Crippen LogP contribution in [0.15, 0.2) is 35.3 Å². The molecular formula is C45H77N12O18P3. The normalized spacial score (nSPS) is 22.7. The van der Waals surface area contributed by atoms with E-state index in [0.29, 0.717) is 5.56 Å². The summed E-state index contributed by atoms with van der Waals surface area (Å²) < 4.78 is 39.6. The maximum atomic E-state index is 14.1. The zero-order valence-electron chi connectivity index (χ0n) is 43.4. The molecule has 0 aliphatic carbocycles. The highest BCUT2D eigenvalue weighted by atomic mass is 31.2. The topological polar surface area (TPSA) is 476 Å². The Labute approximate surface area is 451 Å². The van der Waals surface area contributed by atoms with Gasteiger partial charge in [-0.15, -0.1) is 0 Å². The van der Waals surface area contributed by atoms with E-state index in [1.54, 1.807) is 45.0 Å². The first-order valence-electron chi connectivity index (χ1n) is 25.3. The number of carboxylic acid groups (broad SMARTS) is 3. The van der Waals surface area contributed by atoms with Crippen LogP contribution in [0.5, 0.6) is 0 Å². The zero-order chi connectivity index (χ0) is 58.1. The molecule has 8 unspecified atom stereocenters. The second kappa shape index (κ2) is 33.3. The molecule has 2 aliphatic heterocycles. The molecule has 2 fully saturated rings.